The molecule has 126 valence electrons. The number of nitrogens with zero attached hydrogens (tertiary/aromatic N) is 3. The van der Waals surface area contributed by atoms with Crippen LogP contribution in [0.1, 0.15) is 5.89 Å². The fraction of sp³-hybridized carbons (Fsp3) is 0.0625. The van der Waals surface area contributed by atoms with Crippen LogP contribution in [0.2, 0.25) is 0 Å². The third-order valence-electron chi connectivity index (χ3n) is 3.24. The molecule has 0 spiro atoms. The molecular formula is C16H8F3N3O2S. The Morgan fingerprint density at radius 2 is 1.80 bits per heavy atom. The Hall–Kier alpha value is -2.81. The first kappa shape index (κ1) is 15.7. The van der Waals surface area contributed by atoms with Crippen LogP contribution in [0.4, 0.5) is 13.2 Å². The maximum Gasteiger partial charge on any atom is 0.471 e. The highest BCUT2D eigenvalue weighted by Crippen LogP contribution is 2.33. The lowest BCUT2D eigenvalue weighted by atomic mass is 10.2. The number of fused-ring (bicyclic) bond motifs is 1. The van der Waals surface area contributed by atoms with Gasteiger partial charge in [0.05, 0.1) is 0 Å². The van der Waals surface area contributed by atoms with Crippen molar-refractivity contribution in [2.24, 2.45) is 0 Å². The van der Waals surface area contributed by atoms with Gasteiger partial charge in [-0.25, -0.2) is 4.98 Å². The molecule has 0 unspecified atom stereocenters. The summed E-state index contributed by atoms with van der Waals surface area (Å²) >= 11 is 1.25. The summed E-state index contributed by atoms with van der Waals surface area (Å²) in [6.07, 6.45) is -4.67. The van der Waals surface area contributed by atoms with Gasteiger partial charge in [-0.15, -0.1) is 0 Å². The first-order valence-corrected chi connectivity index (χ1v) is 7.85. The molecule has 0 atom stereocenters. The fourth-order valence-corrected chi connectivity index (χ4v) is 2.96. The highest BCUT2D eigenvalue weighted by Gasteiger charge is 2.38. The molecule has 5 nitrogen and oxygen atoms in total. The van der Waals surface area contributed by atoms with Gasteiger partial charge in [0.15, 0.2) is 5.58 Å². The lowest BCUT2D eigenvalue weighted by Crippen LogP contribution is -2.04. The summed E-state index contributed by atoms with van der Waals surface area (Å²) in [5, 5.41) is 3.81. The zero-order chi connectivity index (χ0) is 17.4. The standard InChI is InChI=1S/C16H8F3N3O2S/c17-16(18,19)14-21-13(22-24-14)9-4-3-5-10(8-9)25-15-20-11-6-1-2-7-12(11)23-15/h1-8H. The zero-order valence-corrected chi connectivity index (χ0v) is 13.1. The van der Waals surface area contributed by atoms with Crippen LogP contribution in [-0.4, -0.2) is 15.1 Å². The van der Waals surface area contributed by atoms with Gasteiger partial charge in [-0.1, -0.05) is 29.4 Å². The molecule has 2 aromatic carbocycles. The van der Waals surface area contributed by atoms with Crippen LogP contribution in [0.3, 0.4) is 0 Å². The number of rotatable bonds is 3. The van der Waals surface area contributed by atoms with Gasteiger partial charge in [0.25, 0.3) is 5.22 Å². The maximum absolute atomic E-state index is 12.6. The molecule has 0 aliphatic heterocycles. The van der Waals surface area contributed by atoms with Crippen LogP contribution in [-0.2, 0) is 6.18 Å². The van der Waals surface area contributed by atoms with Gasteiger partial charge in [-0.2, -0.15) is 18.2 Å². The van der Waals surface area contributed by atoms with Gasteiger partial charge in [0, 0.05) is 10.5 Å². The molecule has 4 rings (SSSR count). The summed E-state index contributed by atoms with van der Waals surface area (Å²) in [5.41, 5.74) is 1.80. The van der Waals surface area contributed by atoms with Crippen molar-refractivity contribution in [2.45, 2.75) is 16.3 Å². The first-order chi connectivity index (χ1) is 12.0. The van der Waals surface area contributed by atoms with Crippen molar-refractivity contribution >= 4 is 22.9 Å². The number of alkyl halides is 3. The van der Waals surface area contributed by atoms with Crippen molar-refractivity contribution < 1.29 is 22.1 Å². The molecule has 0 saturated carbocycles. The summed E-state index contributed by atoms with van der Waals surface area (Å²) in [6, 6.07) is 14.0. The Bertz CT molecular complexity index is 1010. The average molecular weight is 363 g/mol. The minimum Gasteiger partial charge on any atom is -0.431 e. The maximum atomic E-state index is 12.6. The summed E-state index contributed by atoms with van der Waals surface area (Å²) in [7, 11) is 0. The monoisotopic (exact) mass is 363 g/mol. The number of hydrogen-bond acceptors (Lipinski definition) is 6. The predicted molar refractivity (Wildman–Crippen MR) is 82.9 cm³/mol. The number of benzene rings is 2. The van der Waals surface area contributed by atoms with Crippen molar-refractivity contribution in [3.8, 4) is 11.4 Å². The summed E-state index contributed by atoms with van der Waals surface area (Å²) in [5.74, 6) is -1.51. The molecule has 0 N–H and O–H groups in total. The van der Waals surface area contributed by atoms with Gasteiger partial charge in [0.2, 0.25) is 5.82 Å². The van der Waals surface area contributed by atoms with E-state index in [9.17, 15) is 13.2 Å². The van der Waals surface area contributed by atoms with E-state index in [-0.39, 0.29) is 5.82 Å². The van der Waals surface area contributed by atoms with E-state index in [1.165, 1.54) is 11.8 Å². The third kappa shape index (κ3) is 3.22. The van der Waals surface area contributed by atoms with Crippen molar-refractivity contribution in [2.75, 3.05) is 0 Å². The molecule has 2 heterocycles. The predicted octanol–water partition coefficient (Wildman–Crippen LogP) is 5.05. The largest absolute Gasteiger partial charge is 0.471 e. The third-order valence-corrected chi connectivity index (χ3v) is 4.08. The summed E-state index contributed by atoms with van der Waals surface area (Å²) in [4.78, 5) is 8.45. The Morgan fingerprint density at radius 3 is 2.56 bits per heavy atom. The van der Waals surface area contributed by atoms with E-state index in [1.807, 2.05) is 18.2 Å². The second kappa shape index (κ2) is 5.92. The molecule has 0 aliphatic rings. The van der Waals surface area contributed by atoms with Gasteiger partial charge in [-0.05, 0) is 36.0 Å². The van der Waals surface area contributed by atoms with Crippen LogP contribution >= 0.6 is 11.8 Å². The van der Waals surface area contributed by atoms with Crippen LogP contribution < -0.4 is 0 Å². The van der Waals surface area contributed by atoms with Crippen LogP contribution in [0, 0.1) is 0 Å². The number of halogens is 3. The zero-order valence-electron chi connectivity index (χ0n) is 12.3. The topological polar surface area (TPSA) is 65.0 Å². The average Bonchev–Trinajstić information content (AvgIpc) is 3.21. The minimum atomic E-state index is -4.67. The van der Waals surface area contributed by atoms with E-state index in [4.69, 9.17) is 4.42 Å². The van der Waals surface area contributed by atoms with Crippen molar-refractivity contribution in [3.05, 3.63) is 54.4 Å². The normalized spacial score (nSPS) is 12.0. The summed E-state index contributed by atoms with van der Waals surface area (Å²) in [6.45, 7) is 0. The molecule has 0 saturated heterocycles. The van der Waals surface area contributed by atoms with Crippen LogP contribution in [0.25, 0.3) is 22.5 Å². The van der Waals surface area contributed by atoms with Gasteiger partial charge >= 0.3 is 12.1 Å². The van der Waals surface area contributed by atoms with Crippen LogP contribution in [0.15, 0.2) is 67.6 Å². The molecular weight excluding hydrogens is 355 g/mol. The Kier molecular flexibility index (Phi) is 3.72. The van der Waals surface area contributed by atoms with E-state index in [1.54, 1.807) is 30.3 Å². The Balaban J connectivity index is 1.62. The Labute approximate surface area is 142 Å². The number of hydrogen-bond donors (Lipinski definition) is 0. The lowest BCUT2D eigenvalue weighted by Gasteiger charge is -1.99. The molecule has 0 aliphatic carbocycles. The number of aromatic nitrogens is 3. The molecule has 25 heavy (non-hydrogen) atoms. The van der Waals surface area contributed by atoms with Gasteiger partial charge < -0.3 is 8.94 Å². The molecule has 0 bridgehead atoms. The number of oxazole rings is 1. The van der Waals surface area contributed by atoms with E-state index in [0.717, 1.165) is 10.4 Å². The molecule has 0 radical (unpaired) electrons. The van der Waals surface area contributed by atoms with E-state index in [0.29, 0.717) is 16.4 Å². The fourth-order valence-electron chi connectivity index (χ4n) is 2.15. The minimum absolute atomic E-state index is 0.132. The second-order valence-electron chi connectivity index (χ2n) is 5.00. The highest BCUT2D eigenvalue weighted by molar-refractivity contribution is 7.99. The Morgan fingerprint density at radius 1 is 0.960 bits per heavy atom. The SMILES string of the molecule is FC(F)(F)c1nc(-c2cccc(Sc3nc4ccccc4o3)c2)no1. The van der Waals surface area contributed by atoms with Gasteiger partial charge in [0.1, 0.15) is 5.52 Å². The lowest BCUT2D eigenvalue weighted by molar-refractivity contribution is -0.159. The molecule has 2 aromatic heterocycles. The highest BCUT2D eigenvalue weighted by atomic mass is 32.2. The van der Waals surface area contributed by atoms with Crippen molar-refractivity contribution in [1.82, 2.24) is 15.1 Å². The van der Waals surface area contributed by atoms with Crippen molar-refractivity contribution in [3.63, 3.8) is 0 Å². The smallest absolute Gasteiger partial charge is 0.431 e. The second-order valence-corrected chi connectivity index (χ2v) is 6.02. The van der Waals surface area contributed by atoms with E-state index in [2.05, 4.69) is 19.6 Å². The van der Waals surface area contributed by atoms with Crippen LogP contribution in [0.5, 0.6) is 0 Å². The quantitative estimate of drug-likeness (QED) is 0.508. The van der Waals surface area contributed by atoms with E-state index < -0.39 is 12.1 Å². The molecule has 0 fully saturated rings. The molecule has 4 aromatic rings. The first-order valence-electron chi connectivity index (χ1n) is 7.04. The van der Waals surface area contributed by atoms with E-state index >= 15 is 0 Å². The molecule has 9 heteroatoms. The van der Waals surface area contributed by atoms with Crippen molar-refractivity contribution in [1.29, 1.82) is 0 Å². The number of para-hydroxylation sites is 2. The molecule has 0 amide bonds. The summed E-state index contributed by atoms with van der Waals surface area (Å²) < 4.78 is 47.6. The van der Waals surface area contributed by atoms with Gasteiger partial charge in [-0.3, -0.25) is 0 Å².